The summed E-state index contributed by atoms with van der Waals surface area (Å²) < 4.78 is 5.19. The van der Waals surface area contributed by atoms with E-state index < -0.39 is 0 Å². The molecule has 2 atom stereocenters. The summed E-state index contributed by atoms with van der Waals surface area (Å²) >= 11 is 12.1. The van der Waals surface area contributed by atoms with Crippen LogP contribution in [0.1, 0.15) is 32.4 Å². The molecule has 0 bridgehead atoms. The van der Waals surface area contributed by atoms with Crippen molar-refractivity contribution < 1.29 is 9.53 Å². The Morgan fingerprint density at radius 3 is 2.69 bits per heavy atom. The zero-order chi connectivity index (χ0) is 18.8. The Hall–Kier alpha value is -2.05. The van der Waals surface area contributed by atoms with Crippen molar-refractivity contribution in [1.29, 1.82) is 0 Å². The molecule has 0 saturated carbocycles. The van der Waals surface area contributed by atoms with E-state index in [4.69, 9.17) is 27.9 Å². The molecule has 138 valence electrons. The molecule has 1 fully saturated rings. The molecule has 0 unspecified atom stereocenters. The minimum atomic E-state index is -0.383. The third kappa shape index (κ3) is 3.86. The van der Waals surface area contributed by atoms with Crippen LogP contribution in [0.5, 0.6) is 0 Å². The maximum atomic E-state index is 12.1. The van der Waals surface area contributed by atoms with E-state index in [1.165, 1.54) is 0 Å². The first-order chi connectivity index (χ1) is 12.4. The molecule has 1 aromatic heterocycles. The number of hydrogen-bond acceptors (Lipinski definition) is 5. The van der Waals surface area contributed by atoms with Crippen LogP contribution in [0.3, 0.4) is 0 Å². The second kappa shape index (κ2) is 7.68. The molecule has 0 aliphatic carbocycles. The summed E-state index contributed by atoms with van der Waals surface area (Å²) in [5, 5.41) is 4.23. The van der Waals surface area contributed by atoms with Gasteiger partial charge in [0.25, 0.3) is 0 Å². The van der Waals surface area contributed by atoms with Gasteiger partial charge in [0.15, 0.2) is 0 Å². The van der Waals surface area contributed by atoms with Gasteiger partial charge >= 0.3 is 6.09 Å². The summed E-state index contributed by atoms with van der Waals surface area (Å²) in [6.07, 6.45) is 1.24. The van der Waals surface area contributed by atoms with Crippen molar-refractivity contribution in [2.75, 3.05) is 16.8 Å². The Labute approximate surface area is 162 Å². The van der Waals surface area contributed by atoms with Crippen LogP contribution >= 0.6 is 23.2 Å². The highest BCUT2D eigenvalue weighted by Crippen LogP contribution is 2.28. The van der Waals surface area contributed by atoms with Crippen LogP contribution in [0.4, 0.5) is 16.6 Å². The fourth-order valence-corrected chi connectivity index (χ4v) is 3.11. The highest BCUT2D eigenvalue weighted by molar-refractivity contribution is 6.42. The predicted molar refractivity (Wildman–Crippen MR) is 103 cm³/mol. The zero-order valence-electron chi connectivity index (χ0n) is 14.7. The number of anilines is 2. The van der Waals surface area contributed by atoms with Crippen LogP contribution in [0, 0.1) is 5.92 Å². The minimum absolute atomic E-state index is 0.0438. The number of aromatic nitrogens is 2. The van der Waals surface area contributed by atoms with Gasteiger partial charge in [-0.05, 0) is 36.6 Å². The average Bonchev–Trinajstić information content (AvgIpc) is 2.99. The van der Waals surface area contributed by atoms with Crippen LogP contribution in [-0.2, 0) is 4.74 Å². The Morgan fingerprint density at radius 2 is 2.00 bits per heavy atom. The quantitative estimate of drug-likeness (QED) is 0.777. The number of benzene rings is 1. The van der Waals surface area contributed by atoms with Gasteiger partial charge in [0.2, 0.25) is 5.95 Å². The lowest BCUT2D eigenvalue weighted by molar-refractivity contribution is 0.177. The number of nitrogens with one attached hydrogen (secondary N) is 1. The van der Waals surface area contributed by atoms with E-state index in [1.807, 2.05) is 26.8 Å². The molecule has 2 aromatic rings. The van der Waals surface area contributed by atoms with E-state index in [9.17, 15) is 4.79 Å². The van der Waals surface area contributed by atoms with Crippen molar-refractivity contribution in [3.05, 3.63) is 46.1 Å². The Kier molecular flexibility index (Phi) is 5.53. The molecule has 3 rings (SSSR count). The average molecular weight is 395 g/mol. The molecular weight excluding hydrogens is 375 g/mol. The summed E-state index contributed by atoms with van der Waals surface area (Å²) in [6, 6.07) is 7.02. The third-order valence-corrected chi connectivity index (χ3v) is 5.09. The number of rotatable bonds is 5. The highest BCUT2D eigenvalue weighted by atomic mass is 35.5. The van der Waals surface area contributed by atoms with Gasteiger partial charge in [-0.15, -0.1) is 0 Å². The van der Waals surface area contributed by atoms with Crippen molar-refractivity contribution in [2.24, 2.45) is 5.92 Å². The van der Waals surface area contributed by atoms with Crippen LogP contribution in [0.15, 0.2) is 30.5 Å². The van der Waals surface area contributed by atoms with E-state index in [-0.39, 0.29) is 24.1 Å². The fraction of sp³-hybridized carbons (Fsp3) is 0.389. The first-order valence-corrected chi connectivity index (χ1v) is 9.13. The molecule has 1 aromatic carbocycles. The van der Waals surface area contributed by atoms with Crippen molar-refractivity contribution in [2.45, 2.75) is 32.9 Å². The summed E-state index contributed by atoms with van der Waals surface area (Å²) in [5.74, 6) is 1.19. The van der Waals surface area contributed by atoms with Crippen molar-refractivity contribution in [1.82, 2.24) is 9.97 Å². The second-order valence-corrected chi connectivity index (χ2v) is 7.35. The lowest BCUT2D eigenvalue weighted by atomic mass is 10.0. The van der Waals surface area contributed by atoms with E-state index >= 15 is 0 Å². The number of amides is 1. The maximum absolute atomic E-state index is 12.1. The first kappa shape index (κ1) is 18.7. The number of carbonyl (C=O) groups is 1. The summed E-state index contributed by atoms with van der Waals surface area (Å²) in [6.45, 7) is 6.43. The number of hydrogen-bond donors (Lipinski definition) is 1. The second-order valence-electron chi connectivity index (χ2n) is 6.54. The molecular formula is C18H20Cl2N4O2. The van der Waals surface area contributed by atoms with Gasteiger partial charge < -0.3 is 10.1 Å². The van der Waals surface area contributed by atoms with Gasteiger partial charge in [-0.25, -0.2) is 9.78 Å². The van der Waals surface area contributed by atoms with Crippen molar-refractivity contribution in [3.63, 3.8) is 0 Å². The SMILES string of the molecule is CC(C)[C@H]1COC(=O)N1c1ccnc(N[C@@H](C)c2ccc(Cl)c(Cl)c2)n1. The number of ether oxygens (including phenoxy) is 1. The minimum Gasteiger partial charge on any atom is -0.447 e. The monoisotopic (exact) mass is 394 g/mol. The number of nitrogens with zero attached hydrogens (tertiary/aromatic N) is 3. The Balaban J connectivity index is 1.81. The summed E-state index contributed by atoms with van der Waals surface area (Å²) in [5.41, 5.74) is 0.953. The third-order valence-electron chi connectivity index (χ3n) is 4.35. The lowest BCUT2D eigenvalue weighted by Gasteiger charge is -2.23. The first-order valence-electron chi connectivity index (χ1n) is 8.37. The molecule has 2 heterocycles. The van der Waals surface area contributed by atoms with Crippen LogP contribution in [-0.4, -0.2) is 28.7 Å². The molecule has 1 N–H and O–H groups in total. The molecule has 0 radical (unpaired) electrons. The lowest BCUT2D eigenvalue weighted by Crippen LogP contribution is -2.37. The van der Waals surface area contributed by atoms with E-state index in [0.717, 1.165) is 5.56 Å². The predicted octanol–water partition coefficient (Wildman–Crippen LogP) is 4.94. The largest absolute Gasteiger partial charge is 0.447 e. The summed E-state index contributed by atoms with van der Waals surface area (Å²) in [4.78, 5) is 22.4. The van der Waals surface area contributed by atoms with Crippen LogP contribution in [0.25, 0.3) is 0 Å². The maximum Gasteiger partial charge on any atom is 0.415 e. The molecule has 1 saturated heterocycles. The number of cyclic esters (lactones) is 1. The summed E-state index contributed by atoms with van der Waals surface area (Å²) in [7, 11) is 0. The number of carbonyl (C=O) groups excluding carboxylic acids is 1. The number of halogens is 2. The van der Waals surface area contributed by atoms with Gasteiger partial charge in [0.05, 0.1) is 22.1 Å². The van der Waals surface area contributed by atoms with Crippen LogP contribution < -0.4 is 10.2 Å². The standard InChI is InChI=1S/C18H20Cl2N4O2/c1-10(2)15-9-26-18(25)24(15)16-6-7-21-17(23-16)22-11(3)12-4-5-13(19)14(20)8-12/h4-8,10-11,15H,9H2,1-3H3,(H,21,22,23)/t11-,15+/m0/s1. The van der Waals surface area contributed by atoms with Gasteiger partial charge in [0, 0.05) is 6.20 Å². The van der Waals surface area contributed by atoms with Gasteiger partial charge in [0.1, 0.15) is 12.4 Å². The normalized spacial score (nSPS) is 18.2. The van der Waals surface area contributed by atoms with E-state index in [0.29, 0.717) is 28.4 Å². The van der Waals surface area contributed by atoms with Gasteiger partial charge in [-0.1, -0.05) is 43.1 Å². The topological polar surface area (TPSA) is 67.3 Å². The Morgan fingerprint density at radius 1 is 1.23 bits per heavy atom. The molecule has 1 aliphatic rings. The molecule has 0 spiro atoms. The zero-order valence-corrected chi connectivity index (χ0v) is 16.3. The van der Waals surface area contributed by atoms with Crippen LogP contribution in [0.2, 0.25) is 10.0 Å². The smallest absolute Gasteiger partial charge is 0.415 e. The van der Waals surface area contributed by atoms with Crippen molar-refractivity contribution in [3.8, 4) is 0 Å². The van der Waals surface area contributed by atoms with Gasteiger partial charge in [-0.2, -0.15) is 4.98 Å². The fourth-order valence-electron chi connectivity index (χ4n) is 2.80. The molecule has 6 nitrogen and oxygen atoms in total. The van der Waals surface area contributed by atoms with E-state index in [1.54, 1.807) is 29.3 Å². The highest BCUT2D eigenvalue weighted by Gasteiger charge is 2.37. The van der Waals surface area contributed by atoms with Gasteiger partial charge in [-0.3, -0.25) is 4.90 Å². The molecule has 26 heavy (non-hydrogen) atoms. The van der Waals surface area contributed by atoms with E-state index in [2.05, 4.69) is 15.3 Å². The molecule has 1 amide bonds. The Bertz CT molecular complexity index is 816. The molecule has 1 aliphatic heterocycles. The van der Waals surface area contributed by atoms with Crippen molar-refractivity contribution >= 4 is 41.1 Å². The molecule has 8 heteroatoms.